The Morgan fingerprint density at radius 1 is 1.20 bits per heavy atom. The number of nitrogens with two attached hydrogens (primary N) is 1. The molecule has 30 heavy (non-hydrogen) atoms. The summed E-state index contributed by atoms with van der Waals surface area (Å²) in [5.74, 6) is 1.68. The number of anilines is 2. The van der Waals surface area contributed by atoms with Crippen molar-refractivity contribution in [2.45, 2.75) is 19.8 Å². The van der Waals surface area contributed by atoms with Gasteiger partial charge in [-0.05, 0) is 44.0 Å². The fraction of sp³-hybridized carbons (Fsp3) is 0.429. The quantitative estimate of drug-likeness (QED) is 0.639. The third-order valence-electron chi connectivity index (χ3n) is 5.49. The number of nitrogen functional groups attached to an aromatic ring is 1. The molecule has 9 heteroatoms. The van der Waals surface area contributed by atoms with E-state index in [9.17, 15) is 4.79 Å². The Kier molecular flexibility index (Phi) is 5.43. The second-order valence-corrected chi connectivity index (χ2v) is 7.32. The number of rotatable bonds is 5. The first-order chi connectivity index (χ1) is 14.5. The molecule has 0 spiro atoms. The molecule has 9 nitrogen and oxygen atoms in total. The van der Waals surface area contributed by atoms with Crippen molar-refractivity contribution in [2.24, 2.45) is 13.0 Å². The van der Waals surface area contributed by atoms with Gasteiger partial charge >= 0.3 is 5.97 Å². The van der Waals surface area contributed by atoms with Crippen LogP contribution in [-0.2, 0) is 16.6 Å². The summed E-state index contributed by atoms with van der Waals surface area (Å²) < 4.78 is 12.0. The van der Waals surface area contributed by atoms with Gasteiger partial charge in [-0.15, -0.1) is 0 Å². The zero-order valence-corrected chi connectivity index (χ0v) is 17.5. The predicted octanol–water partition coefficient (Wildman–Crippen LogP) is 2.40. The first kappa shape index (κ1) is 19.9. The van der Waals surface area contributed by atoms with Gasteiger partial charge in [0.2, 0.25) is 5.95 Å². The first-order valence-corrected chi connectivity index (χ1v) is 10.1. The molecule has 1 aliphatic rings. The van der Waals surface area contributed by atoms with E-state index in [1.54, 1.807) is 18.8 Å². The van der Waals surface area contributed by atoms with E-state index < -0.39 is 0 Å². The average molecular weight is 410 g/mol. The van der Waals surface area contributed by atoms with Crippen molar-refractivity contribution in [2.75, 3.05) is 37.4 Å². The number of hydrogen-bond acceptors (Lipinski definition) is 8. The van der Waals surface area contributed by atoms with Gasteiger partial charge < -0.3 is 20.1 Å². The van der Waals surface area contributed by atoms with E-state index in [2.05, 4.69) is 15.0 Å². The Balaban J connectivity index is 1.69. The van der Waals surface area contributed by atoms with E-state index in [-0.39, 0.29) is 11.9 Å². The van der Waals surface area contributed by atoms with Gasteiger partial charge in [-0.2, -0.15) is 10.1 Å². The SMILES string of the molecule is CCOC(=O)C1CCN(c2nc(-c3ccc(OC)cc3)c3c(N)n(C)nc3n2)CC1. The maximum Gasteiger partial charge on any atom is 0.309 e. The second kappa shape index (κ2) is 8.17. The van der Waals surface area contributed by atoms with Crippen LogP contribution >= 0.6 is 0 Å². The van der Waals surface area contributed by atoms with Crippen molar-refractivity contribution < 1.29 is 14.3 Å². The fourth-order valence-corrected chi connectivity index (χ4v) is 3.78. The molecule has 3 aromatic rings. The van der Waals surface area contributed by atoms with Crippen LogP contribution in [0.25, 0.3) is 22.3 Å². The van der Waals surface area contributed by atoms with Crippen molar-refractivity contribution in [1.29, 1.82) is 0 Å². The molecule has 1 aromatic carbocycles. The van der Waals surface area contributed by atoms with Crippen LogP contribution in [-0.4, -0.2) is 52.5 Å². The van der Waals surface area contributed by atoms with Crippen molar-refractivity contribution in [3.05, 3.63) is 24.3 Å². The van der Waals surface area contributed by atoms with Crippen molar-refractivity contribution in [1.82, 2.24) is 19.7 Å². The normalized spacial score (nSPS) is 14.8. The standard InChI is InChI=1S/C21H26N6O3/c1-4-30-20(28)14-9-11-27(12-10-14)21-23-17(13-5-7-15(29-3)8-6-13)16-18(22)26(2)25-19(16)24-21/h5-8,14H,4,9-12,22H2,1-3H3. The Morgan fingerprint density at radius 2 is 1.90 bits per heavy atom. The minimum atomic E-state index is -0.120. The van der Waals surface area contributed by atoms with Crippen LogP contribution in [0.3, 0.4) is 0 Å². The number of nitrogens with zero attached hydrogens (tertiary/aromatic N) is 5. The predicted molar refractivity (Wildman–Crippen MR) is 114 cm³/mol. The molecule has 0 unspecified atom stereocenters. The maximum atomic E-state index is 12.0. The van der Waals surface area contributed by atoms with Gasteiger partial charge in [-0.1, -0.05) is 0 Å². The van der Waals surface area contributed by atoms with Gasteiger partial charge in [0.1, 0.15) is 11.6 Å². The number of methoxy groups -OCH3 is 1. The van der Waals surface area contributed by atoms with E-state index in [0.717, 1.165) is 22.4 Å². The highest BCUT2D eigenvalue weighted by atomic mass is 16.5. The molecule has 0 amide bonds. The summed E-state index contributed by atoms with van der Waals surface area (Å²) in [5.41, 5.74) is 8.47. The molecule has 0 atom stereocenters. The number of carbonyl (C=O) groups excluding carboxylic acids is 1. The van der Waals surface area contributed by atoms with Gasteiger partial charge in [-0.3, -0.25) is 9.48 Å². The van der Waals surface area contributed by atoms with Crippen molar-refractivity contribution in [3.8, 4) is 17.0 Å². The van der Waals surface area contributed by atoms with Crippen molar-refractivity contribution in [3.63, 3.8) is 0 Å². The molecule has 0 radical (unpaired) electrons. The lowest BCUT2D eigenvalue weighted by atomic mass is 9.97. The number of fused-ring (bicyclic) bond motifs is 1. The molecule has 0 bridgehead atoms. The van der Waals surface area contributed by atoms with Crippen LogP contribution in [0.15, 0.2) is 24.3 Å². The molecule has 1 fully saturated rings. The summed E-state index contributed by atoms with van der Waals surface area (Å²) in [6.07, 6.45) is 1.42. The van der Waals surface area contributed by atoms with E-state index in [1.807, 2.05) is 31.2 Å². The highest BCUT2D eigenvalue weighted by Gasteiger charge is 2.28. The number of ether oxygens (including phenoxy) is 2. The molecule has 158 valence electrons. The summed E-state index contributed by atoms with van der Waals surface area (Å²) in [7, 11) is 3.42. The zero-order chi connectivity index (χ0) is 21.3. The minimum Gasteiger partial charge on any atom is -0.497 e. The van der Waals surface area contributed by atoms with E-state index in [1.165, 1.54) is 0 Å². The lowest BCUT2D eigenvalue weighted by molar-refractivity contribution is -0.148. The zero-order valence-electron chi connectivity index (χ0n) is 17.5. The molecule has 4 rings (SSSR count). The summed E-state index contributed by atoms with van der Waals surface area (Å²) in [5, 5.41) is 5.20. The Hall–Kier alpha value is -3.36. The largest absolute Gasteiger partial charge is 0.497 e. The van der Waals surface area contributed by atoms with Crippen LogP contribution in [0, 0.1) is 5.92 Å². The monoisotopic (exact) mass is 410 g/mol. The van der Waals surface area contributed by atoms with Gasteiger partial charge in [0.05, 0.1) is 30.7 Å². The topological polar surface area (TPSA) is 108 Å². The third kappa shape index (κ3) is 3.62. The Labute approximate surface area is 174 Å². The Bertz CT molecular complexity index is 1050. The molecule has 2 aromatic heterocycles. The lowest BCUT2D eigenvalue weighted by Crippen LogP contribution is -2.38. The number of benzene rings is 1. The first-order valence-electron chi connectivity index (χ1n) is 10.1. The lowest BCUT2D eigenvalue weighted by Gasteiger charge is -2.31. The van der Waals surface area contributed by atoms with Crippen LogP contribution in [0.4, 0.5) is 11.8 Å². The van der Waals surface area contributed by atoms with Gasteiger partial charge in [0, 0.05) is 25.7 Å². The van der Waals surface area contributed by atoms with Gasteiger partial charge in [-0.25, -0.2) is 4.98 Å². The smallest absolute Gasteiger partial charge is 0.309 e. The van der Waals surface area contributed by atoms with Gasteiger partial charge in [0.15, 0.2) is 5.65 Å². The summed E-state index contributed by atoms with van der Waals surface area (Å²) >= 11 is 0. The fourth-order valence-electron chi connectivity index (χ4n) is 3.78. The summed E-state index contributed by atoms with van der Waals surface area (Å²) in [6.45, 7) is 3.60. The van der Waals surface area contributed by atoms with Crippen LogP contribution < -0.4 is 15.4 Å². The summed E-state index contributed by atoms with van der Waals surface area (Å²) in [4.78, 5) is 23.7. The molecular formula is C21H26N6O3. The average Bonchev–Trinajstić information content (AvgIpc) is 3.07. The maximum absolute atomic E-state index is 12.0. The van der Waals surface area contributed by atoms with E-state index in [0.29, 0.717) is 50.0 Å². The molecule has 0 aliphatic carbocycles. The summed E-state index contributed by atoms with van der Waals surface area (Å²) in [6, 6.07) is 7.67. The molecule has 1 saturated heterocycles. The van der Waals surface area contributed by atoms with Gasteiger partial charge in [0.25, 0.3) is 0 Å². The second-order valence-electron chi connectivity index (χ2n) is 7.32. The number of hydrogen-bond donors (Lipinski definition) is 1. The van der Waals surface area contributed by atoms with E-state index >= 15 is 0 Å². The molecule has 2 N–H and O–H groups in total. The van der Waals surface area contributed by atoms with Crippen molar-refractivity contribution >= 4 is 28.8 Å². The Morgan fingerprint density at radius 3 is 2.53 bits per heavy atom. The third-order valence-corrected chi connectivity index (χ3v) is 5.49. The minimum absolute atomic E-state index is 0.0727. The highest BCUT2D eigenvalue weighted by molar-refractivity contribution is 5.99. The number of piperidine rings is 1. The van der Waals surface area contributed by atoms with Crippen LogP contribution in [0.1, 0.15) is 19.8 Å². The van der Waals surface area contributed by atoms with Crippen LogP contribution in [0.5, 0.6) is 5.75 Å². The number of carbonyl (C=O) groups is 1. The number of esters is 1. The molecule has 0 saturated carbocycles. The molecule has 3 heterocycles. The highest BCUT2D eigenvalue weighted by Crippen LogP contribution is 2.33. The van der Waals surface area contributed by atoms with E-state index in [4.69, 9.17) is 20.2 Å². The van der Waals surface area contributed by atoms with Crippen LogP contribution in [0.2, 0.25) is 0 Å². The number of aromatic nitrogens is 4. The molecule has 1 aliphatic heterocycles. The number of aryl methyl sites for hydroxylation is 1. The molecular weight excluding hydrogens is 384 g/mol.